The smallest absolute Gasteiger partial charge is 0.194 e. The molecule has 0 saturated heterocycles. The zero-order chi connectivity index (χ0) is 32.1. The van der Waals surface area contributed by atoms with Gasteiger partial charge in [0.2, 0.25) is 0 Å². The van der Waals surface area contributed by atoms with Gasteiger partial charge in [-0.1, -0.05) is 41.9 Å². The normalized spacial score (nSPS) is 14.5. The van der Waals surface area contributed by atoms with E-state index in [1.54, 1.807) is 23.5 Å². The first-order valence-electron chi connectivity index (χ1n) is 15.3. The van der Waals surface area contributed by atoms with Crippen molar-refractivity contribution in [3.63, 3.8) is 0 Å². The number of aliphatic hydroxyl groups excluding tert-OH is 1. The standard InChI is InChI=1S/C35H36ClN5O3S2/c1-20-31-29(38-40(20)3)19-45-17-22-15-23(41(4)37-22)18-46-24-14-21-8-5-6-9-25(21)30(16-24)44-13-7-10-26-27-11-12-28(36)32(31)33(27)39(2)34(26)35(42)43/h5-6,8-9,11-12,14-16,35,42-43H,7,10,13,17-19H2,1-4H3. The van der Waals surface area contributed by atoms with Gasteiger partial charge in [-0.15, -0.1) is 23.5 Å². The number of nitrogens with zero attached hydrogens (tertiary/aromatic N) is 5. The Hall–Kier alpha value is -3.41. The molecule has 8 nitrogen and oxygen atoms in total. The van der Waals surface area contributed by atoms with E-state index in [0.29, 0.717) is 35.9 Å². The lowest BCUT2D eigenvalue weighted by molar-refractivity contribution is -0.0481. The fraction of sp³-hybridized carbons (Fsp3) is 0.314. The highest BCUT2D eigenvalue weighted by Gasteiger charge is 2.27. The third kappa shape index (κ3) is 5.60. The Morgan fingerprint density at radius 2 is 1.74 bits per heavy atom. The Kier molecular flexibility index (Phi) is 8.58. The number of benzene rings is 3. The minimum absolute atomic E-state index is 0.466. The van der Waals surface area contributed by atoms with Gasteiger partial charge in [0.05, 0.1) is 34.2 Å². The second-order valence-corrected chi connectivity index (χ2v) is 14.2. The van der Waals surface area contributed by atoms with Crippen molar-refractivity contribution in [3.05, 3.63) is 93.7 Å². The zero-order valence-corrected chi connectivity index (χ0v) is 28.6. The molecule has 6 aromatic rings. The molecule has 0 amide bonds. The molecule has 0 saturated carbocycles. The van der Waals surface area contributed by atoms with E-state index in [1.165, 1.54) is 0 Å². The monoisotopic (exact) mass is 673 g/mol. The molecule has 4 heterocycles. The van der Waals surface area contributed by atoms with Gasteiger partial charge in [0.1, 0.15) is 5.75 Å². The van der Waals surface area contributed by atoms with Gasteiger partial charge in [-0.05, 0) is 55.0 Å². The maximum Gasteiger partial charge on any atom is 0.194 e. The summed E-state index contributed by atoms with van der Waals surface area (Å²) in [5.74, 6) is 3.06. The van der Waals surface area contributed by atoms with Crippen molar-refractivity contribution in [2.24, 2.45) is 21.1 Å². The second kappa shape index (κ2) is 12.7. The van der Waals surface area contributed by atoms with Crippen LogP contribution in [0.3, 0.4) is 0 Å². The predicted molar refractivity (Wildman–Crippen MR) is 188 cm³/mol. The number of aliphatic hydroxyl groups is 2. The molecule has 0 atom stereocenters. The number of hydrogen-bond donors (Lipinski definition) is 2. The van der Waals surface area contributed by atoms with Gasteiger partial charge in [0.25, 0.3) is 0 Å². The quantitative estimate of drug-likeness (QED) is 0.175. The van der Waals surface area contributed by atoms with E-state index in [2.05, 4.69) is 43.3 Å². The molecule has 3 aromatic heterocycles. The summed E-state index contributed by atoms with van der Waals surface area (Å²) < 4.78 is 12.2. The Labute approximate surface area is 281 Å². The summed E-state index contributed by atoms with van der Waals surface area (Å²) in [5, 5.41) is 34.7. The van der Waals surface area contributed by atoms with Gasteiger partial charge in [-0.25, -0.2) is 0 Å². The van der Waals surface area contributed by atoms with E-state index >= 15 is 0 Å². The van der Waals surface area contributed by atoms with Crippen LogP contribution in [0, 0.1) is 6.92 Å². The largest absolute Gasteiger partial charge is 0.493 e. The van der Waals surface area contributed by atoms with Gasteiger partial charge < -0.3 is 19.5 Å². The van der Waals surface area contributed by atoms with Crippen molar-refractivity contribution in [1.29, 1.82) is 0 Å². The molecule has 2 N–H and O–H groups in total. The lowest BCUT2D eigenvalue weighted by Crippen LogP contribution is -2.07. The highest BCUT2D eigenvalue weighted by atomic mass is 35.5. The highest BCUT2D eigenvalue weighted by Crippen LogP contribution is 2.43. The lowest BCUT2D eigenvalue weighted by atomic mass is 9.98. The van der Waals surface area contributed by atoms with Crippen molar-refractivity contribution in [1.82, 2.24) is 24.1 Å². The van der Waals surface area contributed by atoms with E-state index in [9.17, 15) is 10.2 Å². The molecule has 0 spiro atoms. The summed E-state index contributed by atoms with van der Waals surface area (Å²) in [5.41, 5.74) is 8.18. The maximum absolute atomic E-state index is 10.6. The Balaban J connectivity index is 1.36. The van der Waals surface area contributed by atoms with E-state index in [1.807, 2.05) is 53.3 Å². The van der Waals surface area contributed by atoms with Crippen molar-refractivity contribution < 1.29 is 14.9 Å². The number of thioether (sulfide) groups is 2. The summed E-state index contributed by atoms with van der Waals surface area (Å²) in [6.07, 6.45) is -0.347. The average molecular weight is 674 g/mol. The Morgan fingerprint density at radius 3 is 2.57 bits per heavy atom. The van der Waals surface area contributed by atoms with E-state index < -0.39 is 6.29 Å². The Bertz CT molecular complexity index is 2100. The number of aromatic nitrogens is 5. The van der Waals surface area contributed by atoms with E-state index in [-0.39, 0.29) is 0 Å². The summed E-state index contributed by atoms with van der Waals surface area (Å²) in [7, 11) is 5.83. The second-order valence-electron chi connectivity index (χ2n) is 11.8. The van der Waals surface area contributed by atoms with Gasteiger partial charge in [0, 0.05) is 76.6 Å². The molecule has 0 unspecified atom stereocenters. The average Bonchev–Trinajstić information content (AvgIpc) is 3.63. The first-order valence-corrected chi connectivity index (χ1v) is 17.8. The van der Waals surface area contributed by atoms with Crippen LogP contribution in [0.15, 0.2) is 59.5 Å². The molecule has 238 valence electrons. The number of aryl methyl sites for hydroxylation is 4. The summed E-state index contributed by atoms with van der Waals surface area (Å²) in [4.78, 5) is 1.14. The number of ether oxygens (including phenoxy) is 1. The molecule has 0 radical (unpaired) electrons. The molecular weight excluding hydrogens is 638 g/mol. The minimum Gasteiger partial charge on any atom is -0.493 e. The SMILES string of the molecule is Cc1c2c(nn1C)CSCc1cc(n(C)n1)CSc1cc(c3ccccc3c1)OCCCc1c(C(O)O)n(C)c3c-2c(Cl)ccc13. The van der Waals surface area contributed by atoms with Crippen LogP contribution in [0.25, 0.3) is 32.8 Å². The number of rotatable bonds is 1. The maximum atomic E-state index is 10.6. The minimum atomic E-state index is -1.64. The van der Waals surface area contributed by atoms with E-state index in [0.717, 1.165) is 83.3 Å². The molecule has 0 fully saturated rings. The van der Waals surface area contributed by atoms with E-state index in [4.69, 9.17) is 26.5 Å². The van der Waals surface area contributed by atoms with Crippen LogP contribution in [0.4, 0.5) is 0 Å². The van der Waals surface area contributed by atoms with Crippen LogP contribution in [-0.2, 0) is 44.8 Å². The van der Waals surface area contributed by atoms with Crippen LogP contribution in [0.1, 0.15) is 46.7 Å². The fourth-order valence-corrected chi connectivity index (χ4v) is 8.70. The van der Waals surface area contributed by atoms with Gasteiger partial charge in [0.15, 0.2) is 6.29 Å². The highest BCUT2D eigenvalue weighted by molar-refractivity contribution is 7.98. The molecule has 1 aliphatic rings. The lowest BCUT2D eigenvalue weighted by Gasteiger charge is -2.13. The first kappa shape index (κ1) is 31.2. The van der Waals surface area contributed by atoms with Gasteiger partial charge in [-0.3, -0.25) is 9.36 Å². The predicted octanol–water partition coefficient (Wildman–Crippen LogP) is 7.46. The van der Waals surface area contributed by atoms with Crippen LogP contribution >= 0.6 is 35.1 Å². The van der Waals surface area contributed by atoms with Gasteiger partial charge >= 0.3 is 0 Å². The van der Waals surface area contributed by atoms with Crippen LogP contribution in [-0.4, -0.2) is 40.9 Å². The molecule has 0 aliphatic carbocycles. The molecule has 3 aromatic carbocycles. The zero-order valence-electron chi connectivity index (χ0n) is 26.2. The molecule has 8 bridgehead atoms. The third-order valence-electron chi connectivity index (χ3n) is 8.89. The van der Waals surface area contributed by atoms with Crippen LogP contribution in [0.2, 0.25) is 5.02 Å². The molecule has 7 rings (SSSR count). The molecule has 46 heavy (non-hydrogen) atoms. The number of fused-ring (bicyclic) bond motifs is 8. The van der Waals surface area contributed by atoms with Crippen LogP contribution in [0.5, 0.6) is 5.75 Å². The summed E-state index contributed by atoms with van der Waals surface area (Å²) in [6.45, 7) is 2.53. The van der Waals surface area contributed by atoms with Crippen LogP contribution < -0.4 is 4.74 Å². The first-order chi connectivity index (χ1) is 22.2. The summed E-state index contributed by atoms with van der Waals surface area (Å²) >= 11 is 10.5. The van der Waals surface area contributed by atoms with Gasteiger partial charge in [-0.2, -0.15) is 10.2 Å². The summed E-state index contributed by atoms with van der Waals surface area (Å²) in [6, 6.07) is 18.7. The van der Waals surface area contributed by atoms with Crippen molar-refractivity contribution in [3.8, 4) is 16.9 Å². The Morgan fingerprint density at radius 1 is 0.913 bits per heavy atom. The molecular formula is C35H36ClN5O3S2. The number of hydrogen-bond acceptors (Lipinski definition) is 7. The van der Waals surface area contributed by atoms with Crippen molar-refractivity contribution in [2.75, 3.05) is 6.61 Å². The fourth-order valence-electron chi connectivity index (χ4n) is 6.62. The van der Waals surface area contributed by atoms with Crippen molar-refractivity contribution in [2.45, 2.75) is 48.2 Å². The topological polar surface area (TPSA) is 90.3 Å². The number of halogens is 1. The third-order valence-corrected chi connectivity index (χ3v) is 11.2. The molecule has 1 aliphatic heterocycles. The van der Waals surface area contributed by atoms with Crippen molar-refractivity contribution >= 4 is 56.8 Å². The molecule has 11 heteroatoms.